The number of halogens is 2. The van der Waals surface area contributed by atoms with Crippen molar-refractivity contribution in [2.45, 2.75) is 0 Å². The summed E-state index contributed by atoms with van der Waals surface area (Å²) in [5, 5.41) is 2.20. The van der Waals surface area contributed by atoms with E-state index in [0.29, 0.717) is 0 Å². The number of hydrogen-bond acceptors (Lipinski definition) is 2. The van der Waals surface area contributed by atoms with Crippen molar-refractivity contribution in [1.82, 2.24) is 0 Å². The van der Waals surface area contributed by atoms with E-state index in [1.807, 2.05) is 30.3 Å². The molecule has 0 amide bonds. The third-order valence-corrected chi connectivity index (χ3v) is 2.17. The third-order valence-electron chi connectivity index (χ3n) is 2.17. The van der Waals surface area contributed by atoms with Crippen molar-refractivity contribution in [2.24, 2.45) is 0 Å². The van der Waals surface area contributed by atoms with Gasteiger partial charge in [0.25, 0.3) is 0 Å². The molecule has 0 aromatic heterocycles. The van der Waals surface area contributed by atoms with Crippen LogP contribution < -0.4 is 34.3 Å². The molecule has 0 aliphatic carbocycles. The van der Waals surface area contributed by atoms with Crippen molar-refractivity contribution in [2.75, 3.05) is 14.2 Å². The summed E-state index contributed by atoms with van der Waals surface area (Å²) in [6.07, 6.45) is 0. The van der Waals surface area contributed by atoms with Crippen LogP contribution in [0.1, 0.15) is 0 Å². The molecule has 0 unspecified atom stereocenters. The van der Waals surface area contributed by atoms with Gasteiger partial charge in [-0.1, -0.05) is 11.5 Å². The summed E-state index contributed by atoms with van der Waals surface area (Å²) in [5.41, 5.74) is 0. The molecule has 0 atom stereocenters. The number of benzene rings is 1. The average molecular weight is 337 g/mol. The molecular weight excluding hydrogens is 326 g/mol. The van der Waals surface area contributed by atoms with E-state index < -0.39 is 0 Å². The Labute approximate surface area is 127 Å². The van der Waals surface area contributed by atoms with Crippen LogP contribution in [0.2, 0.25) is 0 Å². The second-order valence-corrected chi connectivity index (χ2v) is 2.82. The fourth-order valence-electron chi connectivity index (χ4n) is 1.54. The van der Waals surface area contributed by atoms with E-state index in [1.165, 1.54) is 0 Å². The molecule has 0 heterocycles. The molecule has 0 aliphatic rings. The predicted molar refractivity (Wildman–Crippen MR) is 52.6 cm³/mol. The van der Waals surface area contributed by atoms with Crippen molar-refractivity contribution in [3.8, 4) is 11.5 Å². The monoisotopic (exact) mass is 335 g/mol. The zero-order valence-electron chi connectivity index (χ0n) is 8.96. The summed E-state index contributed by atoms with van der Waals surface area (Å²) >= 11 is 0. The Hall–Kier alpha value is -0.107. The minimum atomic E-state index is 0. The second kappa shape index (κ2) is 8.05. The third kappa shape index (κ3) is 3.19. The zero-order valence-corrected chi connectivity index (χ0v) is 12.9. The molecule has 0 fully saturated rings. The van der Waals surface area contributed by atoms with Gasteiger partial charge in [0.1, 0.15) is 0 Å². The van der Waals surface area contributed by atoms with Gasteiger partial charge in [0.15, 0.2) is 0 Å². The Bertz CT molecular complexity index is 391. The number of hydrogen-bond donors (Lipinski definition) is 0. The summed E-state index contributed by atoms with van der Waals surface area (Å²) < 4.78 is 10.5. The molecule has 16 heavy (non-hydrogen) atoms. The summed E-state index contributed by atoms with van der Waals surface area (Å²) in [4.78, 5) is 0. The maximum absolute atomic E-state index is 5.23. The molecule has 2 nitrogen and oxygen atoms in total. The Balaban J connectivity index is 0. The van der Waals surface area contributed by atoms with Gasteiger partial charge in [0, 0.05) is 5.75 Å². The Morgan fingerprint density at radius 1 is 0.938 bits per heavy atom. The smallest absolute Gasteiger partial charge is 1.00 e. The van der Waals surface area contributed by atoms with E-state index in [9.17, 15) is 0 Å². The van der Waals surface area contributed by atoms with Crippen LogP contribution in [0.15, 0.2) is 30.3 Å². The molecule has 1 radical (unpaired) electrons. The summed E-state index contributed by atoms with van der Waals surface area (Å²) in [6, 6.07) is 9.88. The molecule has 2 rings (SSSR count). The van der Waals surface area contributed by atoms with Gasteiger partial charge in [-0.2, -0.15) is 12.1 Å². The Kier molecular flexibility index (Phi) is 9.19. The molecule has 0 spiro atoms. The van der Waals surface area contributed by atoms with Gasteiger partial charge in [-0.15, -0.1) is 11.5 Å². The molecule has 2 aromatic carbocycles. The van der Waals surface area contributed by atoms with E-state index in [0.717, 1.165) is 22.3 Å². The first-order valence-corrected chi connectivity index (χ1v) is 4.13. The molecular formula is C11H11Cl2O2Zr. The van der Waals surface area contributed by atoms with Crippen LogP contribution in [0.25, 0.3) is 10.8 Å². The number of rotatable bonds is 2. The van der Waals surface area contributed by atoms with Gasteiger partial charge in [0.2, 0.25) is 0 Å². The first-order chi connectivity index (χ1) is 6.36. The number of ether oxygens (including phenoxy) is 2. The van der Waals surface area contributed by atoms with Crippen LogP contribution in [-0.4, -0.2) is 14.2 Å². The normalized spacial score (nSPS) is 8.38. The van der Waals surface area contributed by atoms with Gasteiger partial charge in [-0.25, -0.2) is 0 Å². The van der Waals surface area contributed by atoms with Crippen molar-refractivity contribution >= 4 is 10.8 Å². The first-order valence-electron chi connectivity index (χ1n) is 4.13. The van der Waals surface area contributed by atoms with Gasteiger partial charge in [-0.05, 0) is 6.07 Å². The second-order valence-electron chi connectivity index (χ2n) is 2.82. The predicted octanol–water partition coefficient (Wildman–Crippen LogP) is -3.42. The van der Waals surface area contributed by atoms with Crippen LogP contribution in [0.3, 0.4) is 0 Å². The van der Waals surface area contributed by atoms with E-state index in [2.05, 4.69) is 0 Å². The van der Waals surface area contributed by atoms with Crippen LogP contribution >= 0.6 is 0 Å². The van der Waals surface area contributed by atoms with E-state index in [-0.39, 0.29) is 51.0 Å². The number of fused-ring (bicyclic) bond motifs is 1. The zero-order chi connectivity index (χ0) is 9.26. The minimum Gasteiger partial charge on any atom is -1.00 e. The molecule has 0 saturated carbocycles. The van der Waals surface area contributed by atoms with Crippen LogP contribution in [0, 0.1) is 0 Å². The molecule has 0 bridgehead atoms. The molecule has 0 saturated heterocycles. The molecule has 85 valence electrons. The van der Waals surface area contributed by atoms with Gasteiger partial charge < -0.3 is 34.3 Å². The Morgan fingerprint density at radius 3 is 2.06 bits per heavy atom. The summed E-state index contributed by atoms with van der Waals surface area (Å²) in [7, 11) is 3.35. The van der Waals surface area contributed by atoms with Crippen LogP contribution in [0.4, 0.5) is 0 Å². The quantitative estimate of drug-likeness (QED) is 0.532. The van der Waals surface area contributed by atoms with Crippen molar-refractivity contribution in [1.29, 1.82) is 0 Å². The van der Waals surface area contributed by atoms with Gasteiger partial charge >= 0.3 is 26.2 Å². The fourth-order valence-corrected chi connectivity index (χ4v) is 1.54. The molecule has 0 N–H and O–H groups in total. The fraction of sp³-hybridized carbons (Fsp3) is 0.182. The first kappa shape index (κ1) is 18.3. The van der Waals surface area contributed by atoms with Crippen molar-refractivity contribution < 1.29 is 60.5 Å². The summed E-state index contributed by atoms with van der Waals surface area (Å²) in [5.74, 6) is 1.78. The largest absolute Gasteiger partial charge is 3.00 e. The van der Waals surface area contributed by atoms with E-state index in [1.54, 1.807) is 14.2 Å². The maximum atomic E-state index is 5.23. The van der Waals surface area contributed by atoms with Crippen LogP contribution in [-0.2, 0) is 26.2 Å². The Morgan fingerprint density at radius 2 is 1.50 bits per heavy atom. The SMILES string of the molecule is COc1ccc(OC)c2[cH-]ccc12.[Cl-].[Cl-].[Zr+3]. The van der Waals surface area contributed by atoms with Crippen molar-refractivity contribution in [3.05, 3.63) is 30.3 Å². The van der Waals surface area contributed by atoms with E-state index >= 15 is 0 Å². The average Bonchev–Trinajstić information content (AvgIpc) is 2.64. The molecule has 5 heteroatoms. The van der Waals surface area contributed by atoms with Gasteiger partial charge in [0.05, 0.1) is 20.0 Å². The molecule has 2 aromatic rings. The maximum Gasteiger partial charge on any atom is 3.00 e. The molecule has 0 aliphatic heterocycles. The van der Waals surface area contributed by atoms with Crippen LogP contribution in [0.5, 0.6) is 11.5 Å². The number of methoxy groups -OCH3 is 2. The van der Waals surface area contributed by atoms with Crippen molar-refractivity contribution in [3.63, 3.8) is 0 Å². The summed E-state index contributed by atoms with van der Waals surface area (Å²) in [6.45, 7) is 0. The van der Waals surface area contributed by atoms with Gasteiger partial charge in [-0.3, -0.25) is 0 Å². The van der Waals surface area contributed by atoms with E-state index in [4.69, 9.17) is 9.47 Å². The standard InChI is InChI=1S/C11H11O2.2ClH.Zr/c1-12-10-6-7-11(13-2)9-5-3-4-8(9)10;;;/h3-7H,1-2H3;2*1H;/q-1;;;+3/p-2. The topological polar surface area (TPSA) is 18.5 Å². The minimum absolute atomic E-state index is 0.